The lowest BCUT2D eigenvalue weighted by Gasteiger charge is -2.14. The van der Waals surface area contributed by atoms with Gasteiger partial charge in [0.25, 0.3) is 5.91 Å². The zero-order chi connectivity index (χ0) is 15.6. The molecular weight excluding hydrogens is 288 g/mol. The summed E-state index contributed by atoms with van der Waals surface area (Å²) in [7, 11) is 0. The molecule has 112 valence electrons. The minimum atomic E-state index is -0.395. The molecule has 21 heavy (non-hydrogen) atoms. The van der Waals surface area contributed by atoms with E-state index in [9.17, 15) is 9.59 Å². The number of nitrogens with one attached hydrogen (secondary N) is 1. The maximum Gasteiger partial charge on any atom is 0.287 e. The van der Waals surface area contributed by atoms with E-state index < -0.39 is 5.91 Å². The van der Waals surface area contributed by atoms with Crippen LogP contribution >= 0.6 is 11.3 Å². The lowest BCUT2D eigenvalue weighted by molar-refractivity contribution is 0.0903. The van der Waals surface area contributed by atoms with Gasteiger partial charge in [0.1, 0.15) is 10.8 Å². The number of aromatic nitrogens is 1. The molecule has 1 unspecified atom stereocenters. The van der Waals surface area contributed by atoms with Crippen LogP contribution < -0.4 is 10.7 Å². The second-order valence-corrected chi connectivity index (χ2v) is 6.13. The first-order valence-electron chi connectivity index (χ1n) is 6.77. The quantitative estimate of drug-likeness (QED) is 0.942. The Morgan fingerprint density at radius 1 is 1.38 bits per heavy atom. The van der Waals surface area contributed by atoms with E-state index >= 15 is 0 Å². The Morgan fingerprint density at radius 2 is 2.10 bits per heavy atom. The highest BCUT2D eigenvalue weighted by atomic mass is 32.1. The van der Waals surface area contributed by atoms with E-state index in [0.29, 0.717) is 12.2 Å². The van der Waals surface area contributed by atoms with Gasteiger partial charge in [0.05, 0.1) is 11.7 Å². The van der Waals surface area contributed by atoms with Crippen LogP contribution in [0.3, 0.4) is 0 Å². The number of thiazole rings is 1. The summed E-state index contributed by atoms with van der Waals surface area (Å²) in [4.78, 5) is 29.3. The fraction of sp³-hybridized carbons (Fsp3) is 0.400. The summed E-state index contributed by atoms with van der Waals surface area (Å²) in [6, 6.07) is 2.37. The van der Waals surface area contributed by atoms with Crippen molar-refractivity contribution in [3.63, 3.8) is 0 Å². The Balaban J connectivity index is 2.21. The topological polar surface area (TPSA) is 72.2 Å². The molecule has 1 amide bonds. The van der Waals surface area contributed by atoms with Crippen molar-refractivity contribution >= 4 is 17.2 Å². The highest BCUT2D eigenvalue weighted by Gasteiger charge is 2.19. The number of carbonyl (C=O) groups is 1. The normalized spacial score (nSPS) is 12.2. The van der Waals surface area contributed by atoms with E-state index in [0.717, 1.165) is 15.6 Å². The zero-order valence-electron chi connectivity index (χ0n) is 12.5. The third-order valence-corrected chi connectivity index (χ3v) is 4.36. The van der Waals surface area contributed by atoms with Gasteiger partial charge in [-0.05, 0) is 27.2 Å². The highest BCUT2D eigenvalue weighted by Crippen LogP contribution is 2.25. The number of carbonyl (C=O) groups excluding carboxylic acids is 1. The third kappa shape index (κ3) is 3.58. The molecule has 0 aliphatic carbocycles. The first-order valence-corrected chi connectivity index (χ1v) is 7.59. The average Bonchev–Trinajstić information content (AvgIpc) is 2.74. The molecule has 0 aromatic carbocycles. The monoisotopic (exact) mass is 306 g/mol. The third-order valence-electron chi connectivity index (χ3n) is 3.17. The molecule has 0 bridgehead atoms. The number of rotatable bonds is 4. The predicted octanol–water partition coefficient (Wildman–Crippen LogP) is 2.90. The van der Waals surface area contributed by atoms with E-state index in [-0.39, 0.29) is 17.2 Å². The molecule has 5 nitrogen and oxygen atoms in total. The van der Waals surface area contributed by atoms with Crippen molar-refractivity contribution in [2.75, 3.05) is 0 Å². The fourth-order valence-electron chi connectivity index (χ4n) is 1.93. The molecule has 0 saturated carbocycles. The molecule has 0 radical (unpaired) electrons. The van der Waals surface area contributed by atoms with Crippen LogP contribution in [0.15, 0.2) is 21.3 Å². The summed E-state index contributed by atoms with van der Waals surface area (Å²) >= 11 is 1.57. The van der Waals surface area contributed by atoms with Gasteiger partial charge < -0.3 is 9.73 Å². The van der Waals surface area contributed by atoms with Crippen molar-refractivity contribution in [2.24, 2.45) is 0 Å². The van der Waals surface area contributed by atoms with Crippen LogP contribution in [0.2, 0.25) is 0 Å². The summed E-state index contributed by atoms with van der Waals surface area (Å²) in [5, 5.41) is 3.74. The molecule has 0 fully saturated rings. The maximum atomic E-state index is 12.2. The highest BCUT2D eigenvalue weighted by molar-refractivity contribution is 7.11. The van der Waals surface area contributed by atoms with Gasteiger partial charge in [0.2, 0.25) is 0 Å². The largest absolute Gasteiger partial charge is 0.456 e. The van der Waals surface area contributed by atoms with Gasteiger partial charge in [-0.25, -0.2) is 4.98 Å². The molecule has 1 atom stereocenters. The molecule has 0 spiro atoms. The minimum absolute atomic E-state index is 0.0310. The van der Waals surface area contributed by atoms with E-state index in [1.54, 1.807) is 18.3 Å². The number of hydrogen-bond donors (Lipinski definition) is 1. The lowest BCUT2D eigenvalue weighted by Crippen LogP contribution is -2.28. The standard InChI is InChI=1S/C15H18N2O3S/c1-5-12(15-16-9(3)10(4)21-15)17-14(19)13-7-11(18)6-8(2)20-13/h6-7,12H,5H2,1-4H3,(H,17,19). The SMILES string of the molecule is CCC(NC(=O)c1cc(=O)cc(C)o1)c1nc(C)c(C)s1. The van der Waals surface area contributed by atoms with Crippen LogP contribution in [0.25, 0.3) is 0 Å². The van der Waals surface area contributed by atoms with E-state index in [1.165, 1.54) is 12.1 Å². The van der Waals surface area contributed by atoms with Crippen LogP contribution in [-0.2, 0) is 0 Å². The van der Waals surface area contributed by atoms with E-state index in [2.05, 4.69) is 10.3 Å². The van der Waals surface area contributed by atoms with Gasteiger partial charge >= 0.3 is 0 Å². The van der Waals surface area contributed by atoms with Gasteiger partial charge in [-0.1, -0.05) is 6.92 Å². The van der Waals surface area contributed by atoms with Crippen molar-refractivity contribution in [1.29, 1.82) is 0 Å². The Morgan fingerprint density at radius 3 is 2.62 bits per heavy atom. The molecule has 2 aromatic heterocycles. The van der Waals surface area contributed by atoms with Gasteiger partial charge in [-0.2, -0.15) is 0 Å². The molecule has 2 heterocycles. The summed E-state index contributed by atoms with van der Waals surface area (Å²) < 4.78 is 5.30. The zero-order valence-corrected chi connectivity index (χ0v) is 13.3. The lowest BCUT2D eigenvalue weighted by atomic mass is 10.2. The van der Waals surface area contributed by atoms with Crippen molar-refractivity contribution in [3.8, 4) is 0 Å². The van der Waals surface area contributed by atoms with Crippen LogP contribution in [0, 0.1) is 20.8 Å². The van der Waals surface area contributed by atoms with Crippen LogP contribution in [0.4, 0.5) is 0 Å². The Labute approximate surface area is 127 Å². The predicted molar refractivity (Wildman–Crippen MR) is 81.8 cm³/mol. The van der Waals surface area contributed by atoms with Crippen LogP contribution in [0.1, 0.15) is 51.3 Å². The molecule has 0 aliphatic rings. The molecule has 2 rings (SSSR count). The van der Waals surface area contributed by atoms with Gasteiger partial charge in [-0.3, -0.25) is 9.59 Å². The van der Waals surface area contributed by atoms with Gasteiger partial charge in [0.15, 0.2) is 11.2 Å². The first kappa shape index (κ1) is 15.4. The number of aryl methyl sites for hydroxylation is 3. The van der Waals surface area contributed by atoms with Crippen molar-refractivity contribution in [2.45, 2.75) is 40.2 Å². The molecule has 1 N–H and O–H groups in total. The Hall–Kier alpha value is -1.95. The van der Waals surface area contributed by atoms with Crippen molar-refractivity contribution in [3.05, 3.63) is 49.5 Å². The smallest absolute Gasteiger partial charge is 0.287 e. The minimum Gasteiger partial charge on any atom is -0.456 e. The summed E-state index contributed by atoms with van der Waals surface area (Å²) in [5.41, 5.74) is 0.739. The number of hydrogen-bond acceptors (Lipinski definition) is 5. The summed E-state index contributed by atoms with van der Waals surface area (Å²) in [6.45, 7) is 7.57. The summed E-state index contributed by atoms with van der Waals surface area (Å²) in [5.74, 6) is 0.0539. The second kappa shape index (κ2) is 6.22. The van der Waals surface area contributed by atoms with Gasteiger partial charge in [-0.15, -0.1) is 11.3 Å². The average molecular weight is 306 g/mol. The van der Waals surface area contributed by atoms with Crippen molar-refractivity contribution in [1.82, 2.24) is 10.3 Å². The second-order valence-electron chi connectivity index (χ2n) is 4.90. The van der Waals surface area contributed by atoms with Crippen molar-refractivity contribution < 1.29 is 9.21 Å². The molecule has 0 aliphatic heterocycles. The Bertz CT molecular complexity index is 698. The Kier molecular flexibility index (Phi) is 4.57. The first-order chi connectivity index (χ1) is 9.90. The van der Waals surface area contributed by atoms with E-state index in [4.69, 9.17) is 4.42 Å². The number of nitrogens with zero attached hydrogens (tertiary/aromatic N) is 1. The number of amides is 1. The molecule has 0 saturated heterocycles. The van der Waals surface area contributed by atoms with Crippen LogP contribution in [0.5, 0.6) is 0 Å². The molecule has 2 aromatic rings. The molecule has 6 heteroatoms. The van der Waals surface area contributed by atoms with Gasteiger partial charge in [0, 0.05) is 17.0 Å². The summed E-state index contributed by atoms with van der Waals surface area (Å²) in [6.07, 6.45) is 0.716. The van der Waals surface area contributed by atoms with Crippen LogP contribution in [-0.4, -0.2) is 10.9 Å². The fourth-order valence-corrected chi connectivity index (χ4v) is 2.99. The van der Waals surface area contributed by atoms with E-state index in [1.807, 2.05) is 20.8 Å². The molecular formula is C15H18N2O3S. The maximum absolute atomic E-state index is 12.2.